The minimum Gasteiger partial charge on any atom is -0.351 e. The molecule has 1 heterocycles. The zero-order chi connectivity index (χ0) is 23.5. The number of halogens is 2. The second-order valence-corrected chi connectivity index (χ2v) is 10.1. The quantitative estimate of drug-likeness (QED) is 0.418. The molecule has 2 aromatic carbocycles. The molecule has 1 N–H and O–H groups in total. The number of benzene rings is 2. The molecule has 172 valence electrons. The van der Waals surface area contributed by atoms with E-state index in [1.54, 1.807) is 0 Å². The number of carbonyl (C=O) groups excluding carboxylic acids is 2. The Morgan fingerprint density at radius 1 is 1.06 bits per heavy atom. The molecule has 0 bridgehead atoms. The van der Waals surface area contributed by atoms with Crippen molar-refractivity contribution in [2.24, 2.45) is 0 Å². The topological polar surface area (TPSA) is 62.3 Å². The smallest absolute Gasteiger partial charge is 0.280 e. The first-order chi connectivity index (χ1) is 15.9. The molecule has 1 unspecified atom stereocenters. The third kappa shape index (κ3) is 5.08. The van der Waals surface area contributed by atoms with Crippen molar-refractivity contribution in [3.05, 3.63) is 80.3 Å². The predicted molar refractivity (Wildman–Crippen MR) is 134 cm³/mol. The maximum absolute atomic E-state index is 13.9. The van der Waals surface area contributed by atoms with E-state index >= 15 is 0 Å². The summed E-state index contributed by atoms with van der Waals surface area (Å²) in [6.07, 6.45) is 4.07. The van der Waals surface area contributed by atoms with Gasteiger partial charge in [-0.25, -0.2) is 0 Å². The van der Waals surface area contributed by atoms with Gasteiger partial charge in [-0.1, -0.05) is 84.1 Å². The van der Waals surface area contributed by atoms with Gasteiger partial charge in [0.1, 0.15) is 15.4 Å². The molecule has 0 spiro atoms. The van der Waals surface area contributed by atoms with Gasteiger partial charge >= 0.3 is 0 Å². The first-order valence-electron chi connectivity index (χ1n) is 10.9. The Morgan fingerprint density at radius 2 is 1.73 bits per heavy atom. The fraction of sp³-hybridized carbons (Fsp3) is 0.320. The molecular weight excluding hydrogens is 477 g/mol. The molecule has 0 radical (unpaired) electrons. The predicted octanol–water partition coefficient (Wildman–Crippen LogP) is 6.51. The number of nitrogens with zero attached hydrogens (tertiary/aromatic N) is 2. The average molecular weight is 502 g/mol. The maximum Gasteiger partial charge on any atom is 0.280 e. The van der Waals surface area contributed by atoms with Gasteiger partial charge in [-0.2, -0.15) is 4.37 Å². The average Bonchev–Trinajstić information content (AvgIpc) is 3.43. The lowest BCUT2D eigenvalue weighted by atomic mass is 9.99. The van der Waals surface area contributed by atoms with Gasteiger partial charge in [-0.05, 0) is 55.4 Å². The van der Waals surface area contributed by atoms with Crippen molar-refractivity contribution in [1.29, 1.82) is 0 Å². The summed E-state index contributed by atoms with van der Waals surface area (Å²) in [6, 6.07) is 14.4. The van der Waals surface area contributed by atoms with E-state index in [1.165, 1.54) is 4.90 Å². The van der Waals surface area contributed by atoms with Crippen LogP contribution in [0.5, 0.6) is 0 Å². The first-order valence-corrected chi connectivity index (χ1v) is 12.5. The number of aryl methyl sites for hydroxylation is 2. The summed E-state index contributed by atoms with van der Waals surface area (Å²) < 4.78 is 4.44. The van der Waals surface area contributed by atoms with Crippen LogP contribution < -0.4 is 10.2 Å². The molecule has 8 heteroatoms. The molecule has 5 nitrogen and oxygen atoms in total. The number of anilines is 1. The minimum atomic E-state index is -0.892. The monoisotopic (exact) mass is 501 g/mol. The summed E-state index contributed by atoms with van der Waals surface area (Å²) >= 11 is 13.4. The lowest BCUT2D eigenvalue weighted by Crippen LogP contribution is -2.46. The number of rotatable bonds is 6. The van der Waals surface area contributed by atoms with Gasteiger partial charge in [-0.3, -0.25) is 14.5 Å². The zero-order valence-electron chi connectivity index (χ0n) is 18.5. The van der Waals surface area contributed by atoms with E-state index < -0.39 is 11.9 Å². The number of aromatic nitrogens is 1. The second-order valence-electron chi connectivity index (χ2n) is 8.38. The van der Waals surface area contributed by atoms with Crippen molar-refractivity contribution >= 4 is 52.2 Å². The van der Waals surface area contributed by atoms with Crippen molar-refractivity contribution in [2.45, 2.75) is 51.6 Å². The van der Waals surface area contributed by atoms with Crippen molar-refractivity contribution < 1.29 is 9.59 Å². The summed E-state index contributed by atoms with van der Waals surface area (Å²) in [6.45, 7) is 3.89. The SMILES string of the molecule is Cc1ccc(C(C(=O)NC2CCCC2)N(C(=O)c2nsc(Cl)c2Cl)c2ccccc2C)cc1. The van der Waals surface area contributed by atoms with Crippen LogP contribution in [0.2, 0.25) is 9.36 Å². The largest absolute Gasteiger partial charge is 0.351 e. The third-order valence-corrected chi connectivity index (χ3v) is 7.61. The molecule has 33 heavy (non-hydrogen) atoms. The Balaban J connectivity index is 1.85. The maximum atomic E-state index is 13.9. The normalized spacial score (nSPS) is 14.8. The zero-order valence-corrected chi connectivity index (χ0v) is 20.8. The molecule has 1 aromatic heterocycles. The van der Waals surface area contributed by atoms with Crippen molar-refractivity contribution in [2.75, 3.05) is 4.90 Å². The van der Waals surface area contributed by atoms with Gasteiger partial charge in [-0.15, -0.1) is 0 Å². The number of amides is 2. The Labute approximate surface area is 207 Å². The second kappa shape index (κ2) is 10.2. The van der Waals surface area contributed by atoms with Crippen LogP contribution in [0.4, 0.5) is 5.69 Å². The summed E-state index contributed by atoms with van der Waals surface area (Å²) in [5.41, 5.74) is 3.30. The van der Waals surface area contributed by atoms with Crippen molar-refractivity contribution in [3.63, 3.8) is 0 Å². The summed E-state index contributed by atoms with van der Waals surface area (Å²) in [4.78, 5) is 29.2. The fourth-order valence-electron chi connectivity index (χ4n) is 4.22. The molecule has 0 saturated heterocycles. The molecule has 1 saturated carbocycles. The number of hydrogen-bond donors (Lipinski definition) is 1. The van der Waals surface area contributed by atoms with Crippen LogP contribution >= 0.6 is 34.7 Å². The summed E-state index contributed by atoms with van der Waals surface area (Å²) in [5, 5.41) is 3.28. The van der Waals surface area contributed by atoms with Crippen LogP contribution in [0, 0.1) is 13.8 Å². The van der Waals surface area contributed by atoms with Crippen LogP contribution in [-0.2, 0) is 4.79 Å². The molecule has 2 amide bonds. The Kier molecular flexibility index (Phi) is 7.37. The summed E-state index contributed by atoms with van der Waals surface area (Å²) in [5.74, 6) is -0.690. The van der Waals surface area contributed by atoms with Gasteiger partial charge in [0.15, 0.2) is 5.69 Å². The Hall–Kier alpha value is -2.41. The van der Waals surface area contributed by atoms with Crippen LogP contribution in [-0.4, -0.2) is 22.2 Å². The van der Waals surface area contributed by atoms with Crippen LogP contribution in [0.15, 0.2) is 48.5 Å². The number of hydrogen-bond acceptors (Lipinski definition) is 4. The molecular formula is C25H25Cl2N3O2S. The highest BCUT2D eigenvalue weighted by Crippen LogP contribution is 2.36. The van der Waals surface area contributed by atoms with Crippen molar-refractivity contribution in [3.8, 4) is 0 Å². The van der Waals surface area contributed by atoms with Crippen LogP contribution in [0.3, 0.4) is 0 Å². The molecule has 1 aliphatic carbocycles. The first kappa shape index (κ1) is 23.7. The van der Waals surface area contributed by atoms with E-state index in [2.05, 4.69) is 9.69 Å². The molecule has 3 aromatic rings. The molecule has 0 aliphatic heterocycles. The number of para-hydroxylation sites is 1. The van der Waals surface area contributed by atoms with Gasteiger partial charge in [0.05, 0.1) is 0 Å². The van der Waals surface area contributed by atoms with Crippen molar-refractivity contribution in [1.82, 2.24) is 9.69 Å². The standard InChI is InChI=1S/C25H25Cl2N3O2S/c1-15-11-13-17(14-12-15)22(24(31)28-18-8-4-5-9-18)30(19-10-6-3-7-16(19)2)25(32)21-20(26)23(27)33-29-21/h3,6-7,10-14,18,22H,4-5,8-9H2,1-2H3,(H,28,31). The van der Waals surface area contributed by atoms with E-state index in [1.807, 2.05) is 62.4 Å². The van der Waals surface area contributed by atoms with Gasteiger partial charge in [0, 0.05) is 11.7 Å². The fourth-order valence-corrected chi connectivity index (χ4v) is 5.21. The molecule has 1 atom stereocenters. The molecule has 1 fully saturated rings. The van der Waals surface area contributed by atoms with Gasteiger partial charge < -0.3 is 5.32 Å². The van der Waals surface area contributed by atoms with E-state index in [0.29, 0.717) is 11.3 Å². The third-order valence-electron chi connectivity index (χ3n) is 6.00. The van der Waals surface area contributed by atoms with E-state index in [4.69, 9.17) is 23.2 Å². The lowest BCUT2D eigenvalue weighted by molar-refractivity contribution is -0.123. The van der Waals surface area contributed by atoms with E-state index in [9.17, 15) is 9.59 Å². The number of nitrogens with one attached hydrogen (secondary N) is 1. The number of carbonyl (C=O) groups is 2. The highest BCUT2D eigenvalue weighted by molar-refractivity contribution is 7.11. The highest BCUT2D eigenvalue weighted by atomic mass is 35.5. The molecule has 4 rings (SSSR count). The van der Waals surface area contributed by atoms with Crippen LogP contribution in [0.1, 0.15) is 58.9 Å². The lowest BCUT2D eigenvalue weighted by Gasteiger charge is -2.33. The van der Waals surface area contributed by atoms with Gasteiger partial charge in [0.2, 0.25) is 5.91 Å². The Bertz CT molecular complexity index is 1160. The highest BCUT2D eigenvalue weighted by Gasteiger charge is 2.37. The van der Waals surface area contributed by atoms with Crippen LogP contribution in [0.25, 0.3) is 0 Å². The molecule has 1 aliphatic rings. The van der Waals surface area contributed by atoms with E-state index in [-0.39, 0.29) is 27.0 Å². The minimum absolute atomic E-state index is 0.0423. The van der Waals surface area contributed by atoms with E-state index in [0.717, 1.165) is 48.3 Å². The van der Waals surface area contributed by atoms with Gasteiger partial charge in [0.25, 0.3) is 5.91 Å². The Morgan fingerprint density at radius 3 is 2.33 bits per heavy atom. The summed E-state index contributed by atoms with van der Waals surface area (Å²) in [7, 11) is 0.